The lowest BCUT2D eigenvalue weighted by molar-refractivity contribution is -0.135. The molecule has 12 heavy (non-hydrogen) atoms. The molecule has 0 spiro atoms. The zero-order chi connectivity index (χ0) is 9.14. The Morgan fingerprint density at radius 2 is 2.50 bits per heavy atom. The first-order valence-corrected chi connectivity index (χ1v) is 4.01. The first-order valence-electron chi connectivity index (χ1n) is 4.01. The quantitative estimate of drug-likeness (QED) is 0.686. The minimum absolute atomic E-state index is 0.0688. The van der Waals surface area contributed by atoms with Crippen LogP contribution in [0.3, 0.4) is 0 Å². The van der Waals surface area contributed by atoms with Crippen molar-refractivity contribution in [3.8, 4) is 0 Å². The van der Waals surface area contributed by atoms with Crippen LogP contribution in [0.1, 0.15) is 20.3 Å². The van der Waals surface area contributed by atoms with E-state index in [4.69, 9.17) is 9.84 Å². The molecule has 0 aromatic rings. The lowest BCUT2D eigenvalue weighted by Crippen LogP contribution is -2.20. The first-order chi connectivity index (χ1) is 5.59. The maximum absolute atomic E-state index is 10.3. The number of carboxylic acids is 1. The van der Waals surface area contributed by atoms with Gasteiger partial charge in [0.15, 0.2) is 5.90 Å². The summed E-state index contributed by atoms with van der Waals surface area (Å²) in [6.07, 6.45) is -0.0252. The second-order valence-electron chi connectivity index (χ2n) is 3.21. The molecule has 0 aromatic carbocycles. The van der Waals surface area contributed by atoms with Gasteiger partial charge < -0.3 is 9.84 Å². The molecule has 1 atom stereocenters. The number of carboxylic acid groups (broad SMARTS) is 1. The Morgan fingerprint density at radius 1 is 1.83 bits per heavy atom. The van der Waals surface area contributed by atoms with Crippen LogP contribution in [0.25, 0.3) is 0 Å². The normalized spacial score (nSPS) is 22.2. The fourth-order valence-corrected chi connectivity index (χ4v) is 1.01. The highest BCUT2D eigenvalue weighted by atomic mass is 16.5. The van der Waals surface area contributed by atoms with Gasteiger partial charge >= 0.3 is 5.97 Å². The Balaban J connectivity index is 2.38. The van der Waals surface area contributed by atoms with E-state index in [0.29, 0.717) is 18.4 Å². The molecule has 0 amide bonds. The highest BCUT2D eigenvalue weighted by Gasteiger charge is 2.23. The monoisotopic (exact) mass is 171 g/mol. The lowest BCUT2D eigenvalue weighted by Gasteiger charge is -2.13. The number of aliphatic imine (C=N–C) groups is 1. The molecule has 0 aliphatic carbocycles. The minimum atomic E-state index is -0.891. The van der Waals surface area contributed by atoms with E-state index in [1.807, 2.05) is 13.8 Å². The van der Waals surface area contributed by atoms with Crippen molar-refractivity contribution in [2.45, 2.75) is 26.4 Å². The molecule has 1 aliphatic rings. The van der Waals surface area contributed by atoms with Gasteiger partial charge in [-0.15, -0.1) is 0 Å². The SMILES string of the molecule is CC(C)C1CN=C(CC(=O)O)O1. The van der Waals surface area contributed by atoms with Crippen LogP contribution >= 0.6 is 0 Å². The van der Waals surface area contributed by atoms with Gasteiger partial charge in [-0.2, -0.15) is 0 Å². The maximum Gasteiger partial charge on any atom is 0.312 e. The molecular formula is C8H13NO3. The van der Waals surface area contributed by atoms with Crippen LogP contribution in [0.5, 0.6) is 0 Å². The molecule has 0 aromatic heterocycles. The van der Waals surface area contributed by atoms with E-state index in [-0.39, 0.29) is 12.5 Å². The zero-order valence-corrected chi connectivity index (χ0v) is 7.28. The molecule has 1 aliphatic heterocycles. The standard InChI is InChI=1S/C8H13NO3/c1-5(2)6-4-9-7(12-6)3-8(10)11/h5-6H,3-4H2,1-2H3,(H,10,11). The number of aliphatic carboxylic acids is 1. The number of ether oxygens (including phenoxy) is 1. The summed E-state index contributed by atoms with van der Waals surface area (Å²) in [6.45, 7) is 4.66. The molecule has 4 heteroatoms. The Hall–Kier alpha value is -1.06. The van der Waals surface area contributed by atoms with Gasteiger partial charge in [-0.1, -0.05) is 13.8 Å². The van der Waals surface area contributed by atoms with Gasteiger partial charge in [0.2, 0.25) is 0 Å². The molecule has 1 N–H and O–H groups in total. The third-order valence-corrected chi connectivity index (χ3v) is 1.78. The largest absolute Gasteiger partial charge is 0.481 e. The Morgan fingerprint density at radius 3 is 2.92 bits per heavy atom. The fraction of sp³-hybridized carbons (Fsp3) is 0.750. The first kappa shape index (κ1) is 9.03. The van der Waals surface area contributed by atoms with Crippen LogP contribution < -0.4 is 0 Å². The Bertz CT molecular complexity index is 210. The molecule has 1 rings (SSSR count). The summed E-state index contributed by atoms with van der Waals surface area (Å²) in [5, 5.41) is 8.44. The van der Waals surface area contributed by atoms with Crippen molar-refractivity contribution in [3.05, 3.63) is 0 Å². The minimum Gasteiger partial charge on any atom is -0.481 e. The van der Waals surface area contributed by atoms with Gasteiger partial charge in [0.05, 0.1) is 6.54 Å². The number of carbonyl (C=O) groups is 1. The van der Waals surface area contributed by atoms with Crippen LogP contribution in [-0.2, 0) is 9.53 Å². The summed E-state index contributed by atoms with van der Waals surface area (Å²) in [5.74, 6) is -0.139. The summed E-state index contributed by atoms with van der Waals surface area (Å²) in [4.78, 5) is 14.3. The molecule has 0 saturated heterocycles. The van der Waals surface area contributed by atoms with Crippen LogP contribution in [0.2, 0.25) is 0 Å². The predicted molar refractivity (Wildman–Crippen MR) is 44.3 cm³/mol. The van der Waals surface area contributed by atoms with Crippen molar-refractivity contribution >= 4 is 11.9 Å². The second-order valence-corrected chi connectivity index (χ2v) is 3.21. The second kappa shape index (κ2) is 3.56. The van der Waals surface area contributed by atoms with Crippen LogP contribution in [0, 0.1) is 5.92 Å². The van der Waals surface area contributed by atoms with E-state index in [0.717, 1.165) is 0 Å². The van der Waals surface area contributed by atoms with Crippen LogP contribution in [-0.4, -0.2) is 29.6 Å². The number of rotatable bonds is 3. The van der Waals surface area contributed by atoms with Gasteiger partial charge in [-0.3, -0.25) is 9.79 Å². The number of nitrogens with zero attached hydrogens (tertiary/aromatic N) is 1. The van der Waals surface area contributed by atoms with Gasteiger partial charge in [0, 0.05) is 0 Å². The smallest absolute Gasteiger partial charge is 0.312 e. The summed E-state index contributed by atoms with van der Waals surface area (Å²) in [5.41, 5.74) is 0. The molecule has 0 fully saturated rings. The molecule has 0 radical (unpaired) electrons. The topological polar surface area (TPSA) is 58.9 Å². The van der Waals surface area contributed by atoms with Gasteiger partial charge in [-0.05, 0) is 5.92 Å². The van der Waals surface area contributed by atoms with Crippen LogP contribution in [0.4, 0.5) is 0 Å². The van der Waals surface area contributed by atoms with E-state index in [9.17, 15) is 4.79 Å². The summed E-state index contributed by atoms with van der Waals surface area (Å²) >= 11 is 0. The lowest BCUT2D eigenvalue weighted by atomic mass is 10.1. The summed E-state index contributed by atoms with van der Waals surface area (Å²) in [7, 11) is 0. The molecule has 1 heterocycles. The van der Waals surface area contributed by atoms with E-state index in [1.54, 1.807) is 0 Å². The predicted octanol–water partition coefficient (Wildman–Crippen LogP) is 0.914. The van der Waals surface area contributed by atoms with Crippen molar-refractivity contribution in [1.82, 2.24) is 0 Å². The van der Waals surface area contributed by atoms with E-state index in [1.165, 1.54) is 0 Å². The summed E-state index contributed by atoms with van der Waals surface area (Å²) in [6, 6.07) is 0. The average Bonchev–Trinajstić information content (AvgIpc) is 2.34. The van der Waals surface area contributed by atoms with Crippen molar-refractivity contribution in [3.63, 3.8) is 0 Å². The van der Waals surface area contributed by atoms with E-state index >= 15 is 0 Å². The fourth-order valence-electron chi connectivity index (χ4n) is 1.01. The molecule has 0 saturated carbocycles. The van der Waals surface area contributed by atoms with E-state index < -0.39 is 5.97 Å². The molecule has 4 nitrogen and oxygen atoms in total. The average molecular weight is 171 g/mol. The van der Waals surface area contributed by atoms with E-state index in [2.05, 4.69) is 4.99 Å². The Kier molecular flexibility index (Phi) is 2.68. The van der Waals surface area contributed by atoms with Crippen molar-refractivity contribution in [2.24, 2.45) is 10.9 Å². The number of hydrogen-bond acceptors (Lipinski definition) is 3. The maximum atomic E-state index is 10.3. The molecule has 68 valence electrons. The third kappa shape index (κ3) is 2.22. The Labute approximate surface area is 71.3 Å². The van der Waals surface area contributed by atoms with Gasteiger partial charge in [-0.25, -0.2) is 0 Å². The summed E-state index contributed by atoms with van der Waals surface area (Å²) < 4.78 is 5.30. The van der Waals surface area contributed by atoms with Gasteiger partial charge in [0.1, 0.15) is 12.5 Å². The van der Waals surface area contributed by atoms with Gasteiger partial charge in [0.25, 0.3) is 0 Å². The molecular weight excluding hydrogens is 158 g/mol. The molecule has 1 unspecified atom stereocenters. The molecule has 0 bridgehead atoms. The van der Waals surface area contributed by atoms with Crippen LogP contribution in [0.15, 0.2) is 4.99 Å². The highest BCUT2D eigenvalue weighted by Crippen LogP contribution is 2.14. The third-order valence-electron chi connectivity index (χ3n) is 1.78. The number of hydrogen-bond donors (Lipinski definition) is 1. The highest BCUT2D eigenvalue weighted by molar-refractivity contribution is 5.94. The van der Waals surface area contributed by atoms with Crippen molar-refractivity contribution in [1.29, 1.82) is 0 Å². The zero-order valence-electron chi connectivity index (χ0n) is 7.28. The van der Waals surface area contributed by atoms with Crippen molar-refractivity contribution < 1.29 is 14.6 Å². The van der Waals surface area contributed by atoms with Crippen molar-refractivity contribution in [2.75, 3.05) is 6.54 Å².